The first kappa shape index (κ1) is 14.1. The summed E-state index contributed by atoms with van der Waals surface area (Å²) in [5, 5.41) is 3.37. The van der Waals surface area contributed by atoms with Gasteiger partial charge in [-0.25, -0.2) is 0 Å². The zero-order valence-electron chi connectivity index (χ0n) is 12.7. The minimum Gasteiger partial charge on any atom is -0.342 e. The van der Waals surface area contributed by atoms with Crippen molar-refractivity contribution in [2.45, 2.75) is 32.7 Å². The molecular weight excluding hydrogens is 260 g/mol. The van der Waals surface area contributed by atoms with Crippen molar-refractivity contribution in [2.75, 3.05) is 13.1 Å². The van der Waals surface area contributed by atoms with E-state index in [1.807, 2.05) is 36.5 Å². The van der Waals surface area contributed by atoms with Gasteiger partial charge < -0.3 is 9.88 Å². The van der Waals surface area contributed by atoms with E-state index in [-0.39, 0.29) is 5.78 Å². The molecule has 0 saturated carbocycles. The molecule has 3 nitrogen and oxygen atoms in total. The van der Waals surface area contributed by atoms with E-state index in [1.54, 1.807) is 0 Å². The Kier molecular flexibility index (Phi) is 3.93. The molecule has 110 valence electrons. The predicted octanol–water partition coefficient (Wildman–Crippen LogP) is 3.26. The van der Waals surface area contributed by atoms with E-state index in [1.165, 1.54) is 11.1 Å². The highest BCUT2D eigenvalue weighted by Crippen LogP contribution is 2.23. The van der Waals surface area contributed by atoms with Crippen LogP contribution in [-0.2, 0) is 0 Å². The van der Waals surface area contributed by atoms with Gasteiger partial charge >= 0.3 is 0 Å². The number of aryl methyl sites for hydroxylation is 2. The molecule has 0 radical (unpaired) electrons. The summed E-state index contributed by atoms with van der Waals surface area (Å²) >= 11 is 0. The minimum atomic E-state index is 0.127. The third kappa shape index (κ3) is 2.79. The molecule has 1 aliphatic heterocycles. The van der Waals surface area contributed by atoms with Crippen molar-refractivity contribution in [3.05, 3.63) is 58.9 Å². The molecule has 1 aliphatic rings. The molecule has 1 fully saturated rings. The maximum absolute atomic E-state index is 12.8. The molecule has 0 amide bonds. The second kappa shape index (κ2) is 5.86. The fourth-order valence-electron chi connectivity index (χ4n) is 3.02. The highest BCUT2D eigenvalue weighted by Gasteiger charge is 2.20. The number of ketones is 1. The molecule has 2 aromatic rings. The van der Waals surface area contributed by atoms with Gasteiger partial charge in [0.2, 0.25) is 5.78 Å². The Morgan fingerprint density at radius 3 is 2.62 bits per heavy atom. The van der Waals surface area contributed by atoms with Crippen LogP contribution in [0.25, 0.3) is 0 Å². The fourth-order valence-corrected chi connectivity index (χ4v) is 3.02. The summed E-state index contributed by atoms with van der Waals surface area (Å²) in [6.07, 6.45) is 4.22. The molecule has 0 unspecified atom stereocenters. The average Bonchev–Trinajstić information content (AvgIpc) is 2.99. The third-order valence-corrected chi connectivity index (χ3v) is 4.48. The molecule has 21 heavy (non-hydrogen) atoms. The largest absolute Gasteiger partial charge is 0.342 e. The highest BCUT2D eigenvalue weighted by molar-refractivity contribution is 6.08. The summed E-state index contributed by atoms with van der Waals surface area (Å²) < 4.78 is 2.17. The van der Waals surface area contributed by atoms with Crippen LogP contribution in [0.2, 0.25) is 0 Å². The number of nitrogens with one attached hydrogen (secondary N) is 1. The molecule has 0 bridgehead atoms. The normalized spacial score (nSPS) is 16.1. The van der Waals surface area contributed by atoms with Crippen molar-refractivity contribution in [3.8, 4) is 0 Å². The predicted molar refractivity (Wildman–Crippen MR) is 84.9 cm³/mol. The van der Waals surface area contributed by atoms with Gasteiger partial charge in [-0.2, -0.15) is 0 Å². The molecule has 3 rings (SSSR count). The Bertz CT molecular complexity index is 651. The minimum absolute atomic E-state index is 0.127. The van der Waals surface area contributed by atoms with Gasteiger partial charge in [-0.1, -0.05) is 12.1 Å². The number of carbonyl (C=O) groups is 1. The van der Waals surface area contributed by atoms with Crippen molar-refractivity contribution in [1.29, 1.82) is 0 Å². The van der Waals surface area contributed by atoms with Crippen LogP contribution in [0.5, 0.6) is 0 Å². The van der Waals surface area contributed by atoms with Crippen molar-refractivity contribution >= 4 is 5.78 Å². The van der Waals surface area contributed by atoms with Gasteiger partial charge in [0, 0.05) is 17.8 Å². The number of rotatable bonds is 3. The first-order valence-electron chi connectivity index (χ1n) is 7.66. The lowest BCUT2D eigenvalue weighted by Crippen LogP contribution is -2.30. The van der Waals surface area contributed by atoms with Gasteiger partial charge in [-0.3, -0.25) is 4.79 Å². The molecule has 1 aromatic carbocycles. The van der Waals surface area contributed by atoms with Crippen LogP contribution >= 0.6 is 0 Å². The quantitative estimate of drug-likeness (QED) is 0.877. The van der Waals surface area contributed by atoms with Crippen LogP contribution in [0, 0.1) is 13.8 Å². The Labute approximate surface area is 126 Å². The first-order chi connectivity index (χ1) is 10.2. The zero-order chi connectivity index (χ0) is 14.8. The van der Waals surface area contributed by atoms with Gasteiger partial charge in [-0.05, 0) is 69.1 Å². The van der Waals surface area contributed by atoms with E-state index < -0.39 is 0 Å². The molecule has 1 saturated heterocycles. The van der Waals surface area contributed by atoms with Gasteiger partial charge in [-0.15, -0.1) is 0 Å². The van der Waals surface area contributed by atoms with Gasteiger partial charge in [0.1, 0.15) is 0 Å². The number of hydrogen-bond acceptors (Lipinski definition) is 2. The molecule has 3 heteroatoms. The summed E-state index contributed by atoms with van der Waals surface area (Å²) in [6, 6.07) is 10.3. The lowest BCUT2D eigenvalue weighted by Gasteiger charge is -2.26. The van der Waals surface area contributed by atoms with Crippen LogP contribution in [-0.4, -0.2) is 23.4 Å². The smallest absolute Gasteiger partial charge is 0.209 e. The summed E-state index contributed by atoms with van der Waals surface area (Å²) in [6.45, 7) is 6.18. The van der Waals surface area contributed by atoms with Gasteiger partial charge in [0.15, 0.2) is 0 Å². The Morgan fingerprint density at radius 2 is 1.90 bits per heavy atom. The molecule has 1 aromatic heterocycles. The van der Waals surface area contributed by atoms with E-state index in [2.05, 4.69) is 23.7 Å². The van der Waals surface area contributed by atoms with Crippen LogP contribution in [0.1, 0.15) is 46.1 Å². The second-order valence-corrected chi connectivity index (χ2v) is 5.91. The van der Waals surface area contributed by atoms with Crippen molar-refractivity contribution in [3.63, 3.8) is 0 Å². The number of aromatic nitrogens is 1. The standard InChI is InChI=1S/C18H22N2O/c1-13-5-6-15(12-14(13)2)18(21)17-4-3-11-20(17)16-7-9-19-10-8-16/h3-6,11-12,16,19H,7-10H2,1-2H3. The SMILES string of the molecule is Cc1ccc(C(=O)c2cccn2C2CCNCC2)cc1C. The average molecular weight is 282 g/mol. The number of hydrogen-bond donors (Lipinski definition) is 1. The Hall–Kier alpha value is -1.87. The van der Waals surface area contributed by atoms with E-state index in [0.717, 1.165) is 37.2 Å². The van der Waals surface area contributed by atoms with Gasteiger partial charge in [0.25, 0.3) is 0 Å². The maximum atomic E-state index is 12.8. The fraction of sp³-hybridized carbons (Fsp3) is 0.389. The van der Waals surface area contributed by atoms with Crippen molar-refractivity contribution in [1.82, 2.24) is 9.88 Å². The molecule has 0 spiro atoms. The Balaban J connectivity index is 1.91. The van der Waals surface area contributed by atoms with Crippen molar-refractivity contribution in [2.24, 2.45) is 0 Å². The highest BCUT2D eigenvalue weighted by atomic mass is 16.1. The van der Waals surface area contributed by atoms with E-state index in [9.17, 15) is 4.79 Å². The molecule has 2 heterocycles. The van der Waals surface area contributed by atoms with Gasteiger partial charge in [0.05, 0.1) is 5.69 Å². The van der Waals surface area contributed by atoms with E-state index in [4.69, 9.17) is 0 Å². The van der Waals surface area contributed by atoms with E-state index in [0.29, 0.717) is 6.04 Å². The zero-order valence-corrected chi connectivity index (χ0v) is 12.7. The van der Waals surface area contributed by atoms with Crippen LogP contribution in [0.4, 0.5) is 0 Å². The van der Waals surface area contributed by atoms with Crippen LogP contribution in [0.15, 0.2) is 36.5 Å². The Morgan fingerprint density at radius 1 is 1.14 bits per heavy atom. The van der Waals surface area contributed by atoms with Crippen LogP contribution in [0.3, 0.4) is 0 Å². The molecule has 1 N–H and O–H groups in total. The summed E-state index contributed by atoms with van der Waals surface area (Å²) in [7, 11) is 0. The maximum Gasteiger partial charge on any atom is 0.209 e. The third-order valence-electron chi connectivity index (χ3n) is 4.48. The van der Waals surface area contributed by atoms with Crippen LogP contribution < -0.4 is 5.32 Å². The molecule has 0 atom stereocenters. The molecular formula is C18H22N2O. The summed E-state index contributed by atoms with van der Waals surface area (Å²) in [5.41, 5.74) is 3.98. The molecule has 0 aliphatic carbocycles. The summed E-state index contributed by atoms with van der Waals surface area (Å²) in [5.74, 6) is 0.127. The first-order valence-corrected chi connectivity index (χ1v) is 7.66. The number of benzene rings is 1. The van der Waals surface area contributed by atoms with Crippen molar-refractivity contribution < 1.29 is 4.79 Å². The second-order valence-electron chi connectivity index (χ2n) is 5.91. The topological polar surface area (TPSA) is 34.0 Å². The number of piperidine rings is 1. The lowest BCUT2D eigenvalue weighted by atomic mass is 10.0. The van der Waals surface area contributed by atoms with E-state index >= 15 is 0 Å². The number of carbonyl (C=O) groups excluding carboxylic acids is 1. The number of nitrogens with zero attached hydrogens (tertiary/aromatic N) is 1. The monoisotopic (exact) mass is 282 g/mol. The summed E-state index contributed by atoms with van der Waals surface area (Å²) in [4.78, 5) is 12.8. The lowest BCUT2D eigenvalue weighted by molar-refractivity contribution is 0.102.